The summed E-state index contributed by atoms with van der Waals surface area (Å²) in [5.41, 5.74) is 0.441. The normalized spacial score (nSPS) is 14.7. The van der Waals surface area contributed by atoms with Crippen LogP contribution in [0.25, 0.3) is 0 Å². The summed E-state index contributed by atoms with van der Waals surface area (Å²) in [5.74, 6) is -0.328. The van der Waals surface area contributed by atoms with Crippen LogP contribution < -0.4 is 14.8 Å². The Balaban J connectivity index is 1.71. The highest BCUT2D eigenvalue weighted by Gasteiger charge is 2.29. The van der Waals surface area contributed by atoms with E-state index in [1.165, 1.54) is 29.2 Å². The summed E-state index contributed by atoms with van der Waals surface area (Å²) in [6.45, 7) is 2.77. The van der Waals surface area contributed by atoms with Gasteiger partial charge in [-0.2, -0.15) is 0 Å². The molecule has 3 rings (SSSR count). The van der Waals surface area contributed by atoms with Crippen molar-refractivity contribution in [3.63, 3.8) is 0 Å². The van der Waals surface area contributed by atoms with Gasteiger partial charge in [-0.05, 0) is 37.1 Å². The first-order valence-corrected chi connectivity index (χ1v) is 11.2. The summed E-state index contributed by atoms with van der Waals surface area (Å²) in [6, 6.07) is 11.9. The predicted molar refractivity (Wildman–Crippen MR) is 112 cm³/mol. The smallest absolute Gasteiger partial charge is 0.324 e. The highest BCUT2D eigenvalue weighted by Crippen LogP contribution is 2.25. The van der Waals surface area contributed by atoms with Gasteiger partial charge in [-0.15, -0.1) is 0 Å². The molecular formula is C21H23F2N3O5S. The largest absolute Gasteiger partial charge is 0.488 e. The summed E-state index contributed by atoms with van der Waals surface area (Å²) in [5, 5.41) is 2.21. The van der Waals surface area contributed by atoms with Crippen molar-refractivity contribution >= 4 is 22.0 Å². The number of nitrogens with zero attached hydrogens (tertiary/aromatic N) is 1. The van der Waals surface area contributed by atoms with E-state index in [4.69, 9.17) is 4.74 Å². The number of hydrogen-bond acceptors (Lipinski definition) is 5. The van der Waals surface area contributed by atoms with Crippen LogP contribution in [0.4, 0.5) is 13.6 Å². The molecule has 172 valence electrons. The lowest BCUT2D eigenvalue weighted by Gasteiger charge is -2.27. The van der Waals surface area contributed by atoms with E-state index in [0.717, 1.165) is 5.56 Å². The summed E-state index contributed by atoms with van der Waals surface area (Å²) in [4.78, 5) is 24.2. The molecule has 1 heterocycles. The number of amides is 3. The van der Waals surface area contributed by atoms with Gasteiger partial charge in [-0.25, -0.2) is 26.7 Å². The number of urea groups is 1. The maximum absolute atomic E-state index is 12.9. The Morgan fingerprint density at radius 1 is 1.16 bits per heavy atom. The molecule has 0 aromatic heterocycles. The summed E-state index contributed by atoms with van der Waals surface area (Å²) >= 11 is 0. The van der Waals surface area contributed by atoms with Gasteiger partial charge in [0.25, 0.3) is 6.43 Å². The molecule has 2 aromatic rings. The van der Waals surface area contributed by atoms with Crippen LogP contribution in [0.5, 0.6) is 5.75 Å². The standard InChI is InChI=1S/C21H23F2N3O5S/c1-21(2,15-8-6-14(7-9-15)11-26-12-19(27)24-20(26)28)25-32(29,30)17-5-3-4-16(10-17)31-13-18(22)23/h3-10,18,25H,11-13H2,1-2H3,(H,24,27,28). The first-order chi connectivity index (χ1) is 15.0. The maximum atomic E-state index is 12.9. The summed E-state index contributed by atoms with van der Waals surface area (Å²) in [7, 11) is -3.99. The SMILES string of the molecule is CC(C)(NS(=O)(=O)c1cccc(OCC(F)F)c1)c1ccc(CN2CC(=O)NC2=O)cc1. The maximum Gasteiger partial charge on any atom is 0.324 e. The number of nitrogens with one attached hydrogen (secondary N) is 2. The number of hydrogen-bond donors (Lipinski definition) is 2. The van der Waals surface area contributed by atoms with Crippen LogP contribution in [-0.2, 0) is 26.9 Å². The highest BCUT2D eigenvalue weighted by molar-refractivity contribution is 7.89. The topological polar surface area (TPSA) is 105 Å². The third kappa shape index (κ3) is 5.80. The molecule has 2 N–H and O–H groups in total. The zero-order valence-corrected chi connectivity index (χ0v) is 18.3. The molecule has 1 saturated heterocycles. The summed E-state index contributed by atoms with van der Waals surface area (Å²) in [6.07, 6.45) is -2.67. The average Bonchev–Trinajstić information content (AvgIpc) is 3.03. The van der Waals surface area contributed by atoms with Crippen LogP contribution in [0.2, 0.25) is 0 Å². The number of rotatable bonds is 9. The van der Waals surface area contributed by atoms with E-state index in [0.29, 0.717) is 5.56 Å². The molecule has 2 aromatic carbocycles. The minimum absolute atomic E-state index is 0.00797. The molecule has 0 aliphatic carbocycles. The number of carbonyl (C=O) groups excluding carboxylic acids is 2. The second-order valence-electron chi connectivity index (χ2n) is 7.81. The highest BCUT2D eigenvalue weighted by atomic mass is 32.2. The first-order valence-electron chi connectivity index (χ1n) is 9.69. The third-order valence-electron chi connectivity index (χ3n) is 4.80. The van der Waals surface area contributed by atoms with E-state index in [1.807, 2.05) is 0 Å². The first kappa shape index (κ1) is 23.6. The van der Waals surface area contributed by atoms with Gasteiger partial charge in [0.2, 0.25) is 15.9 Å². The van der Waals surface area contributed by atoms with Gasteiger partial charge in [0.15, 0.2) is 0 Å². The fourth-order valence-corrected chi connectivity index (χ4v) is 4.64. The third-order valence-corrected chi connectivity index (χ3v) is 6.45. The fraction of sp³-hybridized carbons (Fsp3) is 0.333. The molecule has 0 spiro atoms. The van der Waals surface area contributed by atoms with E-state index in [2.05, 4.69) is 10.0 Å². The number of ether oxygens (including phenoxy) is 1. The molecule has 3 amide bonds. The summed E-state index contributed by atoms with van der Waals surface area (Å²) < 4.78 is 58.0. The van der Waals surface area contributed by atoms with Gasteiger partial charge in [0, 0.05) is 12.6 Å². The van der Waals surface area contributed by atoms with E-state index in [9.17, 15) is 26.8 Å². The van der Waals surface area contributed by atoms with Crippen molar-refractivity contribution in [2.45, 2.75) is 37.3 Å². The van der Waals surface area contributed by atoms with E-state index in [1.54, 1.807) is 38.1 Å². The van der Waals surface area contributed by atoms with Crippen molar-refractivity contribution in [3.05, 3.63) is 59.7 Å². The van der Waals surface area contributed by atoms with Gasteiger partial charge < -0.3 is 9.64 Å². The van der Waals surface area contributed by atoms with Gasteiger partial charge in [0.05, 0.1) is 10.4 Å². The second kappa shape index (κ2) is 9.21. The number of benzene rings is 2. The van der Waals surface area contributed by atoms with Crippen molar-refractivity contribution in [3.8, 4) is 5.75 Å². The van der Waals surface area contributed by atoms with Gasteiger partial charge in [-0.1, -0.05) is 30.3 Å². The molecule has 0 radical (unpaired) electrons. The van der Waals surface area contributed by atoms with Crippen molar-refractivity contribution < 1.29 is 31.5 Å². The number of sulfonamides is 1. The lowest BCUT2D eigenvalue weighted by Crippen LogP contribution is -2.40. The Kier molecular flexibility index (Phi) is 6.79. The van der Waals surface area contributed by atoms with Crippen LogP contribution in [0.15, 0.2) is 53.4 Å². The molecular weight excluding hydrogens is 444 g/mol. The van der Waals surface area contributed by atoms with Crippen LogP contribution in [0.1, 0.15) is 25.0 Å². The van der Waals surface area contributed by atoms with Crippen LogP contribution >= 0.6 is 0 Å². The van der Waals surface area contributed by atoms with Gasteiger partial charge in [0.1, 0.15) is 18.9 Å². The lowest BCUT2D eigenvalue weighted by atomic mass is 9.95. The molecule has 0 saturated carbocycles. The van der Waals surface area contributed by atoms with Crippen molar-refractivity contribution in [2.24, 2.45) is 0 Å². The Morgan fingerprint density at radius 3 is 2.44 bits per heavy atom. The van der Waals surface area contributed by atoms with Gasteiger partial charge in [-0.3, -0.25) is 10.1 Å². The van der Waals surface area contributed by atoms with Crippen molar-refractivity contribution in [1.29, 1.82) is 0 Å². The number of halogens is 2. The molecule has 11 heteroatoms. The van der Waals surface area contributed by atoms with Crippen LogP contribution in [0, 0.1) is 0 Å². The zero-order chi connectivity index (χ0) is 23.5. The van der Waals surface area contributed by atoms with E-state index >= 15 is 0 Å². The number of imide groups is 1. The minimum atomic E-state index is -3.99. The van der Waals surface area contributed by atoms with Crippen LogP contribution in [0.3, 0.4) is 0 Å². The van der Waals surface area contributed by atoms with Crippen molar-refractivity contribution in [2.75, 3.05) is 13.2 Å². The Labute approximate surface area is 184 Å². The molecule has 32 heavy (non-hydrogen) atoms. The Hall–Kier alpha value is -3.05. The number of carbonyl (C=O) groups is 2. The van der Waals surface area contributed by atoms with E-state index < -0.39 is 34.6 Å². The molecule has 1 aliphatic rings. The number of alkyl halides is 2. The zero-order valence-electron chi connectivity index (χ0n) is 17.5. The molecule has 1 fully saturated rings. The molecule has 1 aliphatic heterocycles. The monoisotopic (exact) mass is 467 g/mol. The minimum Gasteiger partial charge on any atom is -0.488 e. The molecule has 0 bridgehead atoms. The Morgan fingerprint density at radius 2 is 1.84 bits per heavy atom. The molecule has 0 atom stereocenters. The quantitative estimate of drug-likeness (QED) is 0.552. The molecule has 8 nitrogen and oxygen atoms in total. The average molecular weight is 467 g/mol. The second-order valence-corrected chi connectivity index (χ2v) is 9.50. The van der Waals surface area contributed by atoms with E-state index in [-0.39, 0.29) is 29.6 Å². The van der Waals surface area contributed by atoms with Crippen LogP contribution in [-0.4, -0.2) is 44.8 Å². The van der Waals surface area contributed by atoms with Gasteiger partial charge >= 0.3 is 6.03 Å². The van der Waals surface area contributed by atoms with Crippen molar-refractivity contribution in [1.82, 2.24) is 14.9 Å². The Bertz CT molecular complexity index is 1100. The predicted octanol–water partition coefficient (Wildman–Crippen LogP) is 2.60. The molecule has 0 unspecified atom stereocenters. The fourth-order valence-electron chi connectivity index (χ4n) is 3.20. The lowest BCUT2D eigenvalue weighted by molar-refractivity contribution is -0.118.